The second-order valence-electron chi connectivity index (χ2n) is 3.03. The van der Waals surface area contributed by atoms with Crippen molar-refractivity contribution in [2.24, 2.45) is 0 Å². The number of carbonyl (C=O) groups excluding carboxylic acids is 1. The molecule has 0 aliphatic rings. The average Bonchev–Trinajstić information content (AvgIpc) is 2.16. The fourth-order valence-corrected chi connectivity index (χ4v) is 1.17. The van der Waals surface area contributed by atoms with Crippen molar-refractivity contribution in [3.05, 3.63) is 48.6 Å². The van der Waals surface area contributed by atoms with E-state index in [9.17, 15) is 4.79 Å². The summed E-state index contributed by atoms with van der Waals surface area (Å²) in [5, 5.41) is 0. The maximum atomic E-state index is 11.3. The van der Waals surface area contributed by atoms with Crippen molar-refractivity contribution in [3.8, 4) is 0 Å². The van der Waals surface area contributed by atoms with Gasteiger partial charge in [0.15, 0.2) is 0 Å². The average molecular weight is 174 g/mol. The fraction of sp³-hybridized carbons (Fsp3) is 0.250. The molecule has 0 aromatic heterocycles. The Labute approximate surface area is 79.1 Å². The Bertz CT molecular complexity index is 274. The highest BCUT2D eigenvalue weighted by atomic mass is 16.1. The zero-order valence-corrected chi connectivity index (χ0v) is 7.70. The molecule has 0 radical (unpaired) electrons. The van der Waals surface area contributed by atoms with Crippen LogP contribution in [-0.4, -0.2) is 5.78 Å². The largest absolute Gasteiger partial charge is 0.299 e. The summed E-state index contributed by atoms with van der Waals surface area (Å²) in [5.74, 6) is 0.283. The van der Waals surface area contributed by atoms with E-state index in [1.165, 1.54) is 0 Å². The molecule has 0 aliphatic heterocycles. The molecule has 0 aliphatic carbocycles. The van der Waals surface area contributed by atoms with Gasteiger partial charge in [0.25, 0.3) is 0 Å². The molecule has 0 bridgehead atoms. The minimum Gasteiger partial charge on any atom is -0.299 e. The van der Waals surface area contributed by atoms with Gasteiger partial charge in [-0.1, -0.05) is 36.4 Å². The summed E-state index contributed by atoms with van der Waals surface area (Å²) in [6.07, 6.45) is 3.72. The van der Waals surface area contributed by atoms with Crippen LogP contribution in [0.15, 0.2) is 43.0 Å². The molecule has 0 N–H and O–H groups in total. The van der Waals surface area contributed by atoms with E-state index in [2.05, 4.69) is 6.58 Å². The first-order valence-corrected chi connectivity index (χ1v) is 4.49. The molecular weight excluding hydrogens is 160 g/mol. The molecule has 0 heterocycles. The van der Waals surface area contributed by atoms with Crippen molar-refractivity contribution in [3.63, 3.8) is 0 Å². The summed E-state index contributed by atoms with van der Waals surface area (Å²) in [6, 6.07) is 9.82. The number of allylic oxidation sites excluding steroid dienone is 1. The zero-order valence-electron chi connectivity index (χ0n) is 7.70. The highest BCUT2D eigenvalue weighted by Gasteiger charge is 2.00. The van der Waals surface area contributed by atoms with Crippen LogP contribution in [0.2, 0.25) is 0 Å². The van der Waals surface area contributed by atoms with Gasteiger partial charge in [0.2, 0.25) is 0 Å². The molecule has 0 atom stereocenters. The van der Waals surface area contributed by atoms with E-state index in [4.69, 9.17) is 0 Å². The Balaban J connectivity index is 2.41. The lowest BCUT2D eigenvalue weighted by Crippen LogP contribution is -2.01. The lowest BCUT2D eigenvalue weighted by molar-refractivity contribution is -0.118. The summed E-state index contributed by atoms with van der Waals surface area (Å²) >= 11 is 0. The van der Waals surface area contributed by atoms with Gasteiger partial charge in [-0.15, -0.1) is 6.58 Å². The van der Waals surface area contributed by atoms with Gasteiger partial charge in [0.1, 0.15) is 5.78 Å². The summed E-state index contributed by atoms with van der Waals surface area (Å²) in [7, 11) is 0. The first-order chi connectivity index (χ1) is 6.33. The molecule has 0 unspecified atom stereocenters. The molecule has 1 aromatic carbocycles. The lowest BCUT2D eigenvalue weighted by Gasteiger charge is -1.98. The van der Waals surface area contributed by atoms with E-state index in [0.29, 0.717) is 12.8 Å². The normalized spacial score (nSPS) is 9.54. The molecule has 13 heavy (non-hydrogen) atoms. The summed E-state index contributed by atoms with van der Waals surface area (Å²) < 4.78 is 0. The molecular formula is C12H14O. The van der Waals surface area contributed by atoms with Crippen molar-refractivity contribution in [1.82, 2.24) is 0 Å². The maximum absolute atomic E-state index is 11.3. The van der Waals surface area contributed by atoms with Crippen molar-refractivity contribution >= 4 is 5.78 Å². The van der Waals surface area contributed by atoms with Gasteiger partial charge in [0.05, 0.1) is 0 Å². The molecule has 0 spiro atoms. The van der Waals surface area contributed by atoms with E-state index in [0.717, 1.165) is 12.0 Å². The van der Waals surface area contributed by atoms with Crippen LogP contribution in [0.5, 0.6) is 0 Å². The second kappa shape index (κ2) is 5.31. The van der Waals surface area contributed by atoms with Crippen LogP contribution in [0, 0.1) is 0 Å². The highest BCUT2D eigenvalue weighted by molar-refractivity contribution is 5.80. The Morgan fingerprint density at radius 3 is 2.62 bits per heavy atom. The number of hydrogen-bond acceptors (Lipinski definition) is 1. The standard InChI is InChI=1S/C12H14O/c1-2-3-9-12(13)10-11-7-5-4-6-8-11/h2,4-8H,1,3,9-10H2. The number of carbonyl (C=O) groups is 1. The first-order valence-electron chi connectivity index (χ1n) is 4.49. The Hall–Kier alpha value is -1.37. The van der Waals surface area contributed by atoms with Crippen LogP contribution in [0.25, 0.3) is 0 Å². The van der Waals surface area contributed by atoms with Gasteiger partial charge >= 0.3 is 0 Å². The lowest BCUT2D eigenvalue weighted by atomic mass is 10.1. The molecule has 1 nitrogen and oxygen atoms in total. The highest BCUT2D eigenvalue weighted by Crippen LogP contribution is 2.03. The van der Waals surface area contributed by atoms with Crippen molar-refractivity contribution in [1.29, 1.82) is 0 Å². The SMILES string of the molecule is C=CCCC(=O)Cc1ccccc1. The zero-order chi connectivity index (χ0) is 9.52. The van der Waals surface area contributed by atoms with Gasteiger partial charge in [-0.25, -0.2) is 0 Å². The number of hydrogen-bond donors (Lipinski definition) is 0. The Kier molecular flexibility index (Phi) is 3.97. The molecule has 0 saturated heterocycles. The van der Waals surface area contributed by atoms with Crippen LogP contribution in [0.4, 0.5) is 0 Å². The summed E-state index contributed by atoms with van der Waals surface area (Å²) in [6.45, 7) is 3.59. The summed E-state index contributed by atoms with van der Waals surface area (Å²) in [4.78, 5) is 11.3. The van der Waals surface area contributed by atoms with Crippen LogP contribution < -0.4 is 0 Å². The van der Waals surface area contributed by atoms with Crippen molar-refractivity contribution in [2.45, 2.75) is 19.3 Å². The summed E-state index contributed by atoms with van der Waals surface area (Å²) in [5.41, 5.74) is 1.09. The number of benzene rings is 1. The molecule has 1 aromatic rings. The van der Waals surface area contributed by atoms with E-state index in [-0.39, 0.29) is 5.78 Å². The van der Waals surface area contributed by atoms with Crippen LogP contribution in [0.3, 0.4) is 0 Å². The number of Topliss-reactive ketones (excluding diaryl/α,β-unsaturated/α-hetero) is 1. The van der Waals surface area contributed by atoms with E-state index < -0.39 is 0 Å². The van der Waals surface area contributed by atoms with Gasteiger partial charge < -0.3 is 0 Å². The fourth-order valence-electron chi connectivity index (χ4n) is 1.17. The topological polar surface area (TPSA) is 17.1 Å². The third-order valence-corrected chi connectivity index (χ3v) is 1.87. The monoisotopic (exact) mass is 174 g/mol. The van der Waals surface area contributed by atoms with Gasteiger partial charge in [-0.05, 0) is 12.0 Å². The molecule has 1 rings (SSSR count). The predicted octanol–water partition coefficient (Wildman–Crippen LogP) is 2.76. The Morgan fingerprint density at radius 2 is 2.00 bits per heavy atom. The number of rotatable bonds is 5. The molecule has 0 saturated carbocycles. The van der Waals surface area contributed by atoms with E-state index in [1.54, 1.807) is 6.08 Å². The van der Waals surface area contributed by atoms with Crippen LogP contribution in [0.1, 0.15) is 18.4 Å². The molecule has 0 amide bonds. The maximum Gasteiger partial charge on any atom is 0.137 e. The predicted molar refractivity (Wildman–Crippen MR) is 54.6 cm³/mol. The van der Waals surface area contributed by atoms with Crippen LogP contribution >= 0.6 is 0 Å². The molecule has 68 valence electrons. The van der Waals surface area contributed by atoms with Gasteiger partial charge in [-0.3, -0.25) is 4.79 Å². The minimum absolute atomic E-state index is 0.283. The van der Waals surface area contributed by atoms with Gasteiger partial charge in [-0.2, -0.15) is 0 Å². The third-order valence-electron chi connectivity index (χ3n) is 1.87. The Morgan fingerprint density at radius 1 is 1.31 bits per heavy atom. The molecule has 0 fully saturated rings. The third kappa shape index (κ3) is 3.70. The van der Waals surface area contributed by atoms with Crippen molar-refractivity contribution in [2.75, 3.05) is 0 Å². The quantitative estimate of drug-likeness (QED) is 0.627. The number of ketones is 1. The minimum atomic E-state index is 0.283. The van der Waals surface area contributed by atoms with Gasteiger partial charge in [0, 0.05) is 12.8 Å². The molecule has 1 heteroatoms. The second-order valence-corrected chi connectivity index (χ2v) is 3.03. The first kappa shape index (κ1) is 9.72. The van der Waals surface area contributed by atoms with E-state index in [1.807, 2.05) is 30.3 Å². The smallest absolute Gasteiger partial charge is 0.137 e. The van der Waals surface area contributed by atoms with E-state index >= 15 is 0 Å². The van der Waals surface area contributed by atoms with Crippen LogP contribution in [-0.2, 0) is 11.2 Å². The van der Waals surface area contributed by atoms with Crippen molar-refractivity contribution < 1.29 is 4.79 Å².